The Labute approximate surface area is 213 Å². The summed E-state index contributed by atoms with van der Waals surface area (Å²) in [6.07, 6.45) is -4.73. The number of hydrogen-bond acceptors (Lipinski definition) is 12. The van der Waals surface area contributed by atoms with Gasteiger partial charge in [0.15, 0.2) is 17.8 Å². The topological polar surface area (TPSA) is 185 Å². The molecular weight excluding hydrogens is 492 g/mol. The van der Waals surface area contributed by atoms with Gasteiger partial charge in [-0.25, -0.2) is 4.79 Å². The Morgan fingerprint density at radius 2 is 1.84 bits per heavy atom. The summed E-state index contributed by atoms with van der Waals surface area (Å²) in [5.74, 6) is -1.55. The number of phenols is 2. The number of esters is 1. The van der Waals surface area contributed by atoms with E-state index in [9.17, 15) is 35.4 Å². The third kappa shape index (κ3) is 6.79. The summed E-state index contributed by atoms with van der Waals surface area (Å²) in [7, 11) is 1.25. The van der Waals surface area contributed by atoms with Gasteiger partial charge in [-0.1, -0.05) is 12.1 Å². The Morgan fingerprint density at radius 1 is 1.08 bits per heavy atom. The summed E-state index contributed by atoms with van der Waals surface area (Å²) in [6, 6.07) is 4.52. The van der Waals surface area contributed by atoms with Gasteiger partial charge in [-0.2, -0.15) is 0 Å². The number of rotatable bonds is 10. The number of aromatic hydroxyl groups is 2. The number of aliphatic hydroxyl groups is 4. The summed E-state index contributed by atoms with van der Waals surface area (Å²) >= 11 is 0. The molecule has 1 saturated heterocycles. The predicted octanol–water partition coefficient (Wildman–Crippen LogP) is -0.161. The fraction of sp³-hybridized carbons (Fsp3) is 0.560. The maximum absolute atomic E-state index is 12.4. The number of benzene rings is 1. The first-order chi connectivity index (χ1) is 17.7. The highest BCUT2D eigenvalue weighted by molar-refractivity contribution is 5.89. The Bertz CT molecular complexity index is 974. The molecule has 1 fully saturated rings. The minimum atomic E-state index is -1.62. The lowest BCUT2D eigenvalue weighted by Gasteiger charge is -2.42. The second-order valence-corrected chi connectivity index (χ2v) is 8.68. The zero-order chi connectivity index (χ0) is 27.1. The van der Waals surface area contributed by atoms with Crippen molar-refractivity contribution in [3.8, 4) is 11.5 Å². The van der Waals surface area contributed by atoms with Gasteiger partial charge in [-0.05, 0) is 37.5 Å². The minimum Gasteiger partial charge on any atom is -0.504 e. The summed E-state index contributed by atoms with van der Waals surface area (Å²) < 4.78 is 27.4. The SMILES string of the molecule is CC=C1C(OC2OC(CO)C(O)C(O)C2O)OC=C(C(=O)OC)C1CCOCCc1ccc(O)c(O)c1. The maximum atomic E-state index is 12.4. The van der Waals surface area contributed by atoms with Crippen LogP contribution < -0.4 is 0 Å². The van der Waals surface area contributed by atoms with E-state index in [4.69, 9.17) is 23.7 Å². The molecule has 0 aromatic heterocycles. The lowest BCUT2D eigenvalue weighted by Crippen LogP contribution is -2.60. The first-order valence-electron chi connectivity index (χ1n) is 11.9. The molecule has 2 aliphatic heterocycles. The maximum Gasteiger partial charge on any atom is 0.337 e. The van der Waals surface area contributed by atoms with Crippen molar-refractivity contribution in [2.75, 3.05) is 26.9 Å². The smallest absolute Gasteiger partial charge is 0.337 e. The number of phenolic OH excluding ortho intramolecular Hbond substituents is 2. The third-order valence-corrected chi connectivity index (χ3v) is 6.35. The van der Waals surface area contributed by atoms with Crippen LogP contribution >= 0.6 is 0 Å². The van der Waals surface area contributed by atoms with Crippen molar-refractivity contribution < 1.29 is 59.1 Å². The lowest BCUT2D eigenvalue weighted by molar-refractivity contribution is -0.327. The van der Waals surface area contributed by atoms with E-state index in [0.717, 1.165) is 5.56 Å². The van der Waals surface area contributed by atoms with E-state index < -0.39 is 55.5 Å². The molecule has 6 N–H and O–H groups in total. The van der Waals surface area contributed by atoms with Gasteiger partial charge >= 0.3 is 5.97 Å². The van der Waals surface area contributed by atoms with Crippen molar-refractivity contribution in [1.29, 1.82) is 0 Å². The van der Waals surface area contributed by atoms with Gasteiger partial charge in [0, 0.05) is 18.1 Å². The number of carbonyl (C=O) groups is 1. The molecule has 0 radical (unpaired) electrons. The van der Waals surface area contributed by atoms with Crippen molar-refractivity contribution in [3.63, 3.8) is 0 Å². The molecule has 2 aliphatic rings. The van der Waals surface area contributed by atoms with Gasteiger partial charge in [0.25, 0.3) is 0 Å². The lowest BCUT2D eigenvalue weighted by atomic mass is 9.86. The molecule has 0 aliphatic carbocycles. The van der Waals surface area contributed by atoms with Crippen LogP contribution in [0.4, 0.5) is 0 Å². The van der Waals surface area contributed by atoms with Gasteiger partial charge in [0.05, 0.1) is 32.2 Å². The average Bonchev–Trinajstić information content (AvgIpc) is 2.90. The van der Waals surface area contributed by atoms with E-state index in [1.165, 1.54) is 25.5 Å². The molecule has 0 bridgehead atoms. The molecule has 1 aromatic rings. The molecule has 12 nitrogen and oxygen atoms in total. The number of aliphatic hydroxyl groups excluding tert-OH is 4. The summed E-state index contributed by atoms with van der Waals surface area (Å²) in [6.45, 7) is 1.67. The number of carbonyl (C=O) groups excluding carboxylic acids is 1. The Balaban J connectivity index is 1.66. The predicted molar refractivity (Wildman–Crippen MR) is 126 cm³/mol. The minimum absolute atomic E-state index is 0.203. The molecule has 3 rings (SSSR count). The van der Waals surface area contributed by atoms with Crippen molar-refractivity contribution >= 4 is 5.97 Å². The fourth-order valence-electron chi connectivity index (χ4n) is 4.24. The van der Waals surface area contributed by atoms with Crippen LogP contribution in [-0.2, 0) is 34.9 Å². The molecule has 206 valence electrons. The van der Waals surface area contributed by atoms with E-state index in [0.29, 0.717) is 25.0 Å². The Kier molecular flexibility index (Phi) is 10.3. The molecule has 2 heterocycles. The van der Waals surface area contributed by atoms with E-state index in [1.807, 2.05) is 0 Å². The van der Waals surface area contributed by atoms with Crippen LogP contribution in [0.2, 0.25) is 0 Å². The van der Waals surface area contributed by atoms with Crippen molar-refractivity contribution in [1.82, 2.24) is 0 Å². The molecule has 37 heavy (non-hydrogen) atoms. The first kappa shape index (κ1) is 28.9. The van der Waals surface area contributed by atoms with Crippen LogP contribution in [0.1, 0.15) is 18.9 Å². The summed E-state index contributed by atoms with van der Waals surface area (Å²) in [5.41, 5.74) is 1.53. The monoisotopic (exact) mass is 526 g/mol. The van der Waals surface area contributed by atoms with Gasteiger partial charge in [-0.15, -0.1) is 0 Å². The molecule has 0 amide bonds. The molecular formula is C25H34O12. The normalized spacial score (nSPS) is 31.0. The standard InChI is InChI=1S/C25H34O12/c1-3-14-15(7-9-34-8-6-13-4-5-17(27)18(28)10-13)16(23(32)33-2)12-35-24(14)37-25-22(31)21(30)20(29)19(11-26)36-25/h3-5,10,12,15,19-22,24-31H,6-9,11H2,1-2H3. The Hall–Kier alpha value is -2.71. The summed E-state index contributed by atoms with van der Waals surface area (Å²) in [5, 5.41) is 58.8. The number of hydrogen-bond donors (Lipinski definition) is 6. The van der Waals surface area contributed by atoms with E-state index in [1.54, 1.807) is 19.1 Å². The van der Waals surface area contributed by atoms with Crippen LogP contribution in [-0.4, -0.2) is 101 Å². The largest absolute Gasteiger partial charge is 0.504 e. The highest BCUT2D eigenvalue weighted by atomic mass is 16.8. The molecule has 12 heteroatoms. The average molecular weight is 527 g/mol. The van der Waals surface area contributed by atoms with Crippen molar-refractivity contribution in [2.24, 2.45) is 5.92 Å². The van der Waals surface area contributed by atoms with Crippen molar-refractivity contribution in [2.45, 2.75) is 56.8 Å². The van der Waals surface area contributed by atoms with Gasteiger partial charge in [0.1, 0.15) is 24.4 Å². The number of ether oxygens (including phenoxy) is 5. The van der Waals surface area contributed by atoms with E-state index in [2.05, 4.69) is 0 Å². The highest BCUT2D eigenvalue weighted by Gasteiger charge is 2.46. The molecule has 1 aromatic carbocycles. The van der Waals surface area contributed by atoms with Crippen LogP contribution in [0.3, 0.4) is 0 Å². The molecule has 7 unspecified atom stereocenters. The van der Waals surface area contributed by atoms with Crippen LogP contribution in [0.15, 0.2) is 41.7 Å². The second kappa shape index (κ2) is 13.2. The molecule has 7 atom stereocenters. The zero-order valence-electron chi connectivity index (χ0n) is 20.6. The van der Waals surface area contributed by atoms with Crippen molar-refractivity contribution in [3.05, 3.63) is 47.2 Å². The third-order valence-electron chi connectivity index (χ3n) is 6.35. The van der Waals surface area contributed by atoms with Crippen LogP contribution in [0.5, 0.6) is 11.5 Å². The number of methoxy groups -OCH3 is 1. The van der Waals surface area contributed by atoms with Gasteiger partial charge in [0.2, 0.25) is 6.29 Å². The van der Waals surface area contributed by atoms with Gasteiger partial charge in [-0.3, -0.25) is 0 Å². The quantitative estimate of drug-likeness (QED) is 0.103. The second-order valence-electron chi connectivity index (χ2n) is 8.68. The number of allylic oxidation sites excluding steroid dienone is 1. The Morgan fingerprint density at radius 3 is 2.49 bits per heavy atom. The molecule has 0 spiro atoms. The van der Waals surface area contributed by atoms with E-state index in [-0.39, 0.29) is 23.7 Å². The fourth-order valence-corrected chi connectivity index (χ4v) is 4.24. The van der Waals surface area contributed by atoms with Crippen LogP contribution in [0, 0.1) is 5.92 Å². The molecule has 0 saturated carbocycles. The zero-order valence-corrected chi connectivity index (χ0v) is 20.6. The van der Waals surface area contributed by atoms with Crippen LogP contribution in [0.25, 0.3) is 0 Å². The van der Waals surface area contributed by atoms with E-state index >= 15 is 0 Å². The first-order valence-corrected chi connectivity index (χ1v) is 11.9. The van der Waals surface area contributed by atoms with Gasteiger partial charge < -0.3 is 54.3 Å². The summed E-state index contributed by atoms with van der Waals surface area (Å²) in [4.78, 5) is 12.4. The highest BCUT2D eigenvalue weighted by Crippen LogP contribution is 2.36.